The first-order valence-corrected chi connectivity index (χ1v) is 36.4. The summed E-state index contributed by atoms with van der Waals surface area (Å²) in [4.78, 5) is 61.7. The van der Waals surface area contributed by atoms with Crippen LogP contribution in [-0.4, -0.2) is 89.1 Å². The van der Waals surface area contributed by atoms with E-state index in [1.165, 1.54) is 15.9 Å². The lowest BCUT2D eigenvalue weighted by Gasteiger charge is -2.60. The summed E-state index contributed by atoms with van der Waals surface area (Å²) in [5, 5.41) is 15.7. The topological polar surface area (TPSA) is 149 Å². The molecular formula is C71H86Cl7O10P. The van der Waals surface area contributed by atoms with Crippen molar-refractivity contribution in [3.8, 4) is 0 Å². The van der Waals surface area contributed by atoms with Crippen molar-refractivity contribution in [3.63, 3.8) is 0 Å². The molecule has 10 saturated carbocycles. The van der Waals surface area contributed by atoms with Crippen LogP contribution in [0.2, 0.25) is 0 Å². The maximum Gasteiger partial charge on any atom is 0.311 e. The molecular weight excluding hydrogens is 1290 g/mol. The van der Waals surface area contributed by atoms with Crippen molar-refractivity contribution >= 4 is 134 Å². The van der Waals surface area contributed by atoms with Crippen molar-refractivity contribution in [2.75, 3.05) is 0 Å². The van der Waals surface area contributed by atoms with Gasteiger partial charge in [0.1, 0.15) is 47.2 Å². The average Bonchev–Trinajstić information content (AvgIpc) is 1.47. The highest BCUT2D eigenvalue weighted by atomic mass is 35.6. The lowest BCUT2D eigenvalue weighted by atomic mass is 9.43. The van der Waals surface area contributed by atoms with E-state index in [4.69, 9.17) is 100 Å². The number of carbonyl (C=O) groups excluding carboxylic acids is 5. The summed E-state index contributed by atoms with van der Waals surface area (Å²) < 4.78 is 20.4. The van der Waals surface area contributed by atoms with Gasteiger partial charge in [-0.3, -0.25) is 24.0 Å². The summed E-state index contributed by atoms with van der Waals surface area (Å²) in [7, 11) is -0.446. The van der Waals surface area contributed by atoms with Crippen LogP contribution in [0.25, 0.3) is 0 Å². The van der Waals surface area contributed by atoms with Crippen molar-refractivity contribution in [2.45, 2.75) is 201 Å². The van der Waals surface area contributed by atoms with E-state index in [1.54, 1.807) is 0 Å². The number of esters is 2. The maximum absolute atomic E-state index is 13.0. The molecule has 12 aliphatic rings. The standard InChI is InChI=1S/C25H35ClO4.C25H36O5.C18H15P.C3Cl6O/c2*1-22(2,3)21(28)29-12-6-9-24(5)15-7-8-23(4)17(13-10-14(13)19(23)27)16(15)18(26)20-25(24,11-12)30-20;1-4-10-16(11-5-1)19(17-12-6-2-7-13-17)18-14-8-3-9-15-18;4-2(5,6)1(10)3(7,8)9/h12-18,20H,6-11H2,1-5H3;12-18,20,26H,6-11H2,1-5H3;1-15H;/t12-,13+,14-,15?,16?,17?,18-,20+,23-,24+,25+;12-,13+,14-,15?,16?,17?,18+,20+,23-,24+,25+;;/m00../s1. The summed E-state index contributed by atoms with van der Waals surface area (Å²) in [5.74, 6) is 3.45. The highest BCUT2D eigenvalue weighted by Gasteiger charge is 2.83. The van der Waals surface area contributed by atoms with Gasteiger partial charge in [-0.15, -0.1) is 11.6 Å². The first-order chi connectivity index (χ1) is 41.5. The number of ketones is 3. The lowest BCUT2D eigenvalue weighted by Crippen LogP contribution is -2.63. The Bertz CT molecular complexity index is 3000. The normalized spacial score (nSPS) is 42.9. The molecule has 18 heteroatoms. The molecule has 3 aromatic rings. The van der Waals surface area contributed by atoms with Crippen LogP contribution in [0.5, 0.6) is 0 Å². The number of epoxide rings is 2. The number of hydrogen-bond acceptors (Lipinski definition) is 10. The van der Waals surface area contributed by atoms with Gasteiger partial charge in [0, 0.05) is 46.3 Å². The van der Waals surface area contributed by atoms with E-state index in [0.29, 0.717) is 65.3 Å². The largest absolute Gasteiger partial charge is 0.462 e. The highest BCUT2D eigenvalue weighted by molar-refractivity contribution is 7.79. The van der Waals surface area contributed by atoms with Gasteiger partial charge in [-0.25, -0.2) is 0 Å². The molecule has 2 saturated heterocycles. The second-order valence-corrected chi connectivity index (χ2v) is 38.7. The molecule has 3 aromatic carbocycles. The Labute approximate surface area is 562 Å². The predicted molar refractivity (Wildman–Crippen MR) is 353 cm³/mol. The minimum Gasteiger partial charge on any atom is -0.462 e. The highest BCUT2D eigenvalue weighted by Crippen LogP contribution is 2.79. The molecule has 89 heavy (non-hydrogen) atoms. The zero-order valence-electron chi connectivity index (χ0n) is 52.6. The third-order valence-electron chi connectivity index (χ3n) is 24.4. The Balaban J connectivity index is 0.000000123. The van der Waals surface area contributed by atoms with Crippen LogP contribution in [0.15, 0.2) is 91.0 Å². The molecule has 12 fully saturated rings. The van der Waals surface area contributed by atoms with Crippen LogP contribution in [-0.2, 0) is 42.9 Å². The van der Waals surface area contributed by atoms with Crippen LogP contribution in [0.3, 0.4) is 0 Å². The van der Waals surface area contributed by atoms with E-state index in [0.717, 1.165) is 70.6 Å². The maximum atomic E-state index is 13.0. The van der Waals surface area contributed by atoms with E-state index in [-0.39, 0.29) is 86.4 Å². The van der Waals surface area contributed by atoms with E-state index in [1.807, 2.05) is 41.5 Å². The molecule has 0 aromatic heterocycles. The summed E-state index contributed by atoms with van der Waals surface area (Å²) in [6, 6.07) is 32.3. The first-order valence-electron chi connectivity index (χ1n) is 32.3. The molecule has 22 atom stereocenters. The Morgan fingerprint density at radius 3 is 1.27 bits per heavy atom. The van der Waals surface area contributed by atoms with Gasteiger partial charge in [0.25, 0.3) is 7.59 Å². The Morgan fingerprint density at radius 2 is 0.899 bits per heavy atom. The summed E-state index contributed by atoms with van der Waals surface area (Å²) in [5.41, 5.74) is -1.96. The van der Waals surface area contributed by atoms with Crippen LogP contribution in [0.4, 0.5) is 0 Å². The molecule has 2 aliphatic heterocycles. The van der Waals surface area contributed by atoms with Gasteiger partial charge < -0.3 is 24.1 Å². The third kappa shape index (κ3) is 11.3. The molecule has 15 rings (SSSR count). The predicted octanol–water partition coefficient (Wildman–Crippen LogP) is 15.0. The number of ether oxygens (including phenoxy) is 4. The Kier molecular flexibility index (Phi) is 17.4. The average molecular weight is 1380 g/mol. The number of halogens is 7. The van der Waals surface area contributed by atoms with E-state index in [2.05, 4.69) is 119 Å². The van der Waals surface area contributed by atoms with Crippen LogP contribution in [0.1, 0.15) is 146 Å². The lowest BCUT2D eigenvalue weighted by molar-refractivity contribution is -0.175. The quantitative estimate of drug-likeness (QED) is 0.113. The fourth-order valence-corrected chi connectivity index (χ4v) is 23.9. The van der Waals surface area contributed by atoms with Gasteiger partial charge >= 0.3 is 11.9 Å². The Hall–Kier alpha value is -2.05. The fourth-order valence-electron chi connectivity index (χ4n) is 19.7. The van der Waals surface area contributed by atoms with E-state index in [9.17, 15) is 29.1 Å². The Morgan fingerprint density at radius 1 is 0.539 bits per heavy atom. The SMILES string of the molecule is CC(C)(C)C(=O)O[C@H]1CC[C@]2(C)C3CC[C@]4(C)C(=O)[C@H]5C[C@H]5C4C3[C@@H](O)[C@H]3O[C@]32C1.CC(C)(C)C(=O)O[C@H]1CC[C@]2(C)C3CC[C@]4(C)C(=O)[C@H]5C[C@H]5C4C3[C@H](Cl)[C@H]3O[C@]32C1.O=C(C(Cl)(Cl)Cl)C(Cl)(Cl)Cl.c1ccc(P(c2ccccc2)c2ccccc2)cc1. The first kappa shape index (κ1) is 67.0. The van der Waals surface area contributed by atoms with E-state index < -0.39 is 38.2 Å². The molecule has 10 aliphatic carbocycles. The molecule has 2 spiro atoms. The summed E-state index contributed by atoms with van der Waals surface area (Å²) >= 11 is 37.8. The van der Waals surface area contributed by atoms with Gasteiger partial charge in [0.05, 0.1) is 22.3 Å². The van der Waals surface area contributed by atoms with Crippen LogP contribution < -0.4 is 15.9 Å². The molecule has 0 amide bonds. The zero-order chi connectivity index (χ0) is 64.4. The molecule has 10 nitrogen and oxygen atoms in total. The van der Waals surface area contributed by atoms with Crippen molar-refractivity contribution in [1.29, 1.82) is 0 Å². The number of benzene rings is 3. The fraction of sp³-hybridized carbons (Fsp3) is 0.676. The molecule has 0 bridgehead atoms. The van der Waals surface area contributed by atoms with Gasteiger partial charge in [-0.05, 0) is 177 Å². The summed E-state index contributed by atoms with van der Waals surface area (Å²) in [6.07, 6.45) is 10.5. The number of rotatable bonds is 5. The smallest absolute Gasteiger partial charge is 0.311 e. The number of hydrogen-bond donors (Lipinski definition) is 1. The third-order valence-corrected chi connectivity index (χ3v) is 28.3. The van der Waals surface area contributed by atoms with Crippen molar-refractivity contribution in [2.24, 2.45) is 91.7 Å². The van der Waals surface area contributed by atoms with Crippen molar-refractivity contribution in [1.82, 2.24) is 0 Å². The molecule has 1 N–H and O–H groups in total. The second-order valence-electron chi connectivity index (χ2n) is 31.4. The number of alkyl halides is 7. The van der Waals surface area contributed by atoms with Crippen LogP contribution in [0, 0.1) is 91.7 Å². The zero-order valence-corrected chi connectivity index (χ0v) is 58.8. The minimum absolute atomic E-state index is 0.0104. The number of Topliss-reactive ketones (excluding diaryl/α,β-unsaturated/α-hetero) is 3. The molecule has 6 unspecified atom stereocenters. The monoisotopic (exact) mass is 1370 g/mol. The van der Waals surface area contributed by atoms with Crippen molar-refractivity contribution in [3.05, 3.63) is 91.0 Å². The van der Waals surface area contributed by atoms with Crippen molar-refractivity contribution < 1.29 is 48.0 Å². The summed E-state index contributed by atoms with van der Waals surface area (Å²) in [6.45, 7) is 20.6. The number of aliphatic hydroxyl groups excluding tert-OH is 1. The van der Waals surface area contributed by atoms with Gasteiger partial charge in [0.2, 0.25) is 5.78 Å². The van der Waals surface area contributed by atoms with E-state index >= 15 is 0 Å². The molecule has 2 heterocycles. The minimum atomic E-state index is -2.18. The number of carbonyl (C=O) groups is 5. The second kappa shape index (κ2) is 23.1. The molecule has 0 radical (unpaired) electrons. The van der Waals surface area contributed by atoms with Crippen LogP contribution >= 0.6 is 89.1 Å². The number of fused-ring (bicyclic) bond motifs is 12. The van der Waals surface area contributed by atoms with Gasteiger partial charge in [-0.2, -0.15) is 0 Å². The van der Waals surface area contributed by atoms with Gasteiger partial charge in [-0.1, -0.05) is 188 Å². The number of aliphatic hydroxyl groups is 1. The molecule has 484 valence electrons. The van der Waals surface area contributed by atoms with Gasteiger partial charge in [0.15, 0.2) is 0 Å².